The van der Waals surface area contributed by atoms with E-state index in [9.17, 15) is 4.79 Å². The van der Waals surface area contributed by atoms with Crippen molar-refractivity contribution >= 4 is 22.4 Å². The molecule has 0 spiro atoms. The van der Waals surface area contributed by atoms with Crippen LogP contribution in [0, 0.1) is 6.92 Å². The molecule has 0 fully saturated rings. The summed E-state index contributed by atoms with van der Waals surface area (Å²) in [5.41, 5.74) is 10.2. The number of benzene rings is 2. The lowest BCUT2D eigenvalue weighted by molar-refractivity contribution is -0.121. The highest BCUT2D eigenvalue weighted by Gasteiger charge is 2.19. The molecule has 1 amide bonds. The van der Waals surface area contributed by atoms with Crippen molar-refractivity contribution in [2.45, 2.75) is 32.1 Å². The second-order valence-electron chi connectivity index (χ2n) is 6.65. The lowest BCUT2D eigenvalue weighted by atomic mass is 9.86. The molecule has 4 nitrogen and oxygen atoms in total. The molecule has 0 radical (unpaired) electrons. The Balaban J connectivity index is 1.60. The van der Waals surface area contributed by atoms with Crippen molar-refractivity contribution in [3.8, 4) is 0 Å². The fourth-order valence-electron chi connectivity index (χ4n) is 3.26. The van der Waals surface area contributed by atoms with Crippen LogP contribution in [0.5, 0.6) is 0 Å². The summed E-state index contributed by atoms with van der Waals surface area (Å²) in [7, 11) is 0. The molecule has 0 unspecified atom stereocenters. The molecule has 3 N–H and O–H groups in total. The third-order valence-electron chi connectivity index (χ3n) is 4.66. The van der Waals surface area contributed by atoms with E-state index in [4.69, 9.17) is 5.73 Å². The molecule has 3 aromatic rings. The SMILES string of the molecule is Cc1ccccc1[C@@H](CC(=O)NCCCc1csc(N)n1)c1ccccc1. The fourth-order valence-corrected chi connectivity index (χ4v) is 3.86. The van der Waals surface area contributed by atoms with Gasteiger partial charge in [0.05, 0.1) is 5.69 Å². The molecule has 0 bridgehead atoms. The van der Waals surface area contributed by atoms with E-state index in [0.29, 0.717) is 18.1 Å². The quantitative estimate of drug-likeness (QED) is 0.573. The molecule has 1 heterocycles. The number of nitrogen functional groups attached to an aromatic ring is 1. The minimum atomic E-state index is 0.0609. The largest absolute Gasteiger partial charge is 0.375 e. The first-order valence-electron chi connectivity index (χ1n) is 9.20. The second-order valence-corrected chi connectivity index (χ2v) is 7.54. The highest BCUT2D eigenvalue weighted by Crippen LogP contribution is 2.30. The van der Waals surface area contributed by atoms with E-state index >= 15 is 0 Å². The third-order valence-corrected chi connectivity index (χ3v) is 5.38. The highest BCUT2D eigenvalue weighted by atomic mass is 32.1. The summed E-state index contributed by atoms with van der Waals surface area (Å²) in [6.45, 7) is 2.74. The summed E-state index contributed by atoms with van der Waals surface area (Å²) < 4.78 is 0. The molecule has 0 saturated heterocycles. The topological polar surface area (TPSA) is 68.0 Å². The van der Waals surface area contributed by atoms with Crippen LogP contribution in [-0.4, -0.2) is 17.4 Å². The van der Waals surface area contributed by atoms with E-state index in [0.717, 1.165) is 18.5 Å². The number of thiazole rings is 1. The zero-order valence-corrected chi connectivity index (χ0v) is 16.3. The minimum absolute atomic E-state index is 0.0609. The van der Waals surface area contributed by atoms with Crippen molar-refractivity contribution in [1.29, 1.82) is 0 Å². The van der Waals surface area contributed by atoms with Crippen molar-refractivity contribution in [2.75, 3.05) is 12.3 Å². The van der Waals surface area contributed by atoms with E-state index in [1.807, 2.05) is 35.7 Å². The van der Waals surface area contributed by atoms with Gasteiger partial charge in [-0.1, -0.05) is 54.6 Å². The number of rotatable bonds is 8. The Labute approximate surface area is 164 Å². The summed E-state index contributed by atoms with van der Waals surface area (Å²) in [6, 6.07) is 18.5. The summed E-state index contributed by atoms with van der Waals surface area (Å²) in [5.74, 6) is 0.135. The van der Waals surface area contributed by atoms with E-state index in [1.165, 1.54) is 28.0 Å². The molecule has 2 aromatic carbocycles. The summed E-state index contributed by atoms with van der Waals surface area (Å²) in [5, 5.41) is 5.62. The lowest BCUT2D eigenvalue weighted by Gasteiger charge is -2.20. The number of carbonyl (C=O) groups excluding carboxylic acids is 1. The first-order valence-corrected chi connectivity index (χ1v) is 10.1. The summed E-state index contributed by atoms with van der Waals surface area (Å²) in [6.07, 6.45) is 2.13. The molecule has 1 atom stereocenters. The molecule has 1 aromatic heterocycles. The van der Waals surface area contributed by atoms with Crippen LogP contribution in [0.1, 0.15) is 41.1 Å². The van der Waals surface area contributed by atoms with Gasteiger partial charge in [-0.2, -0.15) is 0 Å². The molecule has 3 rings (SSSR count). The van der Waals surface area contributed by atoms with Gasteiger partial charge in [-0.15, -0.1) is 11.3 Å². The molecule has 27 heavy (non-hydrogen) atoms. The lowest BCUT2D eigenvalue weighted by Crippen LogP contribution is -2.26. The first-order chi connectivity index (χ1) is 13.1. The van der Waals surface area contributed by atoms with Crippen LogP contribution < -0.4 is 11.1 Å². The zero-order chi connectivity index (χ0) is 19.1. The average molecular weight is 380 g/mol. The number of carbonyl (C=O) groups is 1. The number of hydrogen-bond acceptors (Lipinski definition) is 4. The summed E-state index contributed by atoms with van der Waals surface area (Å²) in [4.78, 5) is 16.8. The van der Waals surface area contributed by atoms with E-state index < -0.39 is 0 Å². The van der Waals surface area contributed by atoms with Crippen LogP contribution in [0.2, 0.25) is 0 Å². The average Bonchev–Trinajstić information content (AvgIpc) is 3.10. The van der Waals surface area contributed by atoms with Crippen LogP contribution in [-0.2, 0) is 11.2 Å². The van der Waals surface area contributed by atoms with Gasteiger partial charge >= 0.3 is 0 Å². The van der Waals surface area contributed by atoms with Crippen LogP contribution in [0.4, 0.5) is 5.13 Å². The van der Waals surface area contributed by atoms with Gasteiger partial charge < -0.3 is 11.1 Å². The van der Waals surface area contributed by atoms with Gasteiger partial charge in [0.15, 0.2) is 5.13 Å². The van der Waals surface area contributed by atoms with Gasteiger partial charge in [-0.25, -0.2) is 4.98 Å². The molecule has 5 heteroatoms. The van der Waals surface area contributed by atoms with Crippen molar-refractivity contribution in [1.82, 2.24) is 10.3 Å². The number of nitrogens with zero attached hydrogens (tertiary/aromatic N) is 1. The van der Waals surface area contributed by atoms with Gasteiger partial charge in [0.1, 0.15) is 0 Å². The predicted octanol–water partition coefficient (Wildman–Crippen LogP) is 4.30. The van der Waals surface area contributed by atoms with Crippen LogP contribution in [0.25, 0.3) is 0 Å². The normalized spacial score (nSPS) is 11.9. The number of nitrogens with two attached hydrogens (primary N) is 1. The third kappa shape index (κ3) is 5.41. The second kappa shape index (κ2) is 9.33. The molecule has 0 saturated carbocycles. The van der Waals surface area contributed by atoms with Gasteiger partial charge in [-0.05, 0) is 36.5 Å². The molecule has 0 aliphatic heterocycles. The highest BCUT2D eigenvalue weighted by molar-refractivity contribution is 7.13. The maximum Gasteiger partial charge on any atom is 0.220 e. The molecule has 0 aliphatic rings. The molecule has 140 valence electrons. The van der Waals surface area contributed by atoms with E-state index in [1.54, 1.807) is 0 Å². The maximum atomic E-state index is 12.6. The number of aryl methyl sites for hydroxylation is 2. The maximum absolute atomic E-state index is 12.6. The van der Waals surface area contributed by atoms with Crippen LogP contribution >= 0.6 is 11.3 Å². The van der Waals surface area contributed by atoms with Crippen molar-refractivity contribution in [3.63, 3.8) is 0 Å². The molecular formula is C22H25N3OS. The van der Waals surface area contributed by atoms with Gasteiger partial charge in [0.25, 0.3) is 0 Å². The van der Waals surface area contributed by atoms with Crippen molar-refractivity contribution in [2.24, 2.45) is 0 Å². The van der Waals surface area contributed by atoms with Gasteiger partial charge in [0.2, 0.25) is 5.91 Å². The molecular weight excluding hydrogens is 354 g/mol. The number of aromatic nitrogens is 1. The predicted molar refractivity (Wildman–Crippen MR) is 112 cm³/mol. The minimum Gasteiger partial charge on any atom is -0.375 e. The Bertz CT molecular complexity index is 876. The Morgan fingerprint density at radius 3 is 2.59 bits per heavy atom. The van der Waals surface area contributed by atoms with E-state index in [-0.39, 0.29) is 11.8 Å². The zero-order valence-electron chi connectivity index (χ0n) is 15.5. The Morgan fingerprint density at radius 2 is 1.89 bits per heavy atom. The number of amides is 1. The summed E-state index contributed by atoms with van der Waals surface area (Å²) >= 11 is 1.45. The number of hydrogen-bond donors (Lipinski definition) is 2. The van der Waals surface area contributed by atoms with Gasteiger partial charge in [0, 0.05) is 24.3 Å². The monoisotopic (exact) mass is 379 g/mol. The first kappa shape index (κ1) is 19.1. The van der Waals surface area contributed by atoms with Crippen LogP contribution in [0.15, 0.2) is 60.0 Å². The van der Waals surface area contributed by atoms with Gasteiger partial charge in [-0.3, -0.25) is 4.79 Å². The number of anilines is 1. The fraction of sp³-hybridized carbons (Fsp3) is 0.273. The van der Waals surface area contributed by atoms with Crippen LogP contribution in [0.3, 0.4) is 0 Å². The Morgan fingerprint density at radius 1 is 1.15 bits per heavy atom. The van der Waals surface area contributed by atoms with Crippen molar-refractivity contribution < 1.29 is 4.79 Å². The Hall–Kier alpha value is -2.66. The van der Waals surface area contributed by atoms with E-state index in [2.05, 4.69) is 41.5 Å². The molecule has 0 aliphatic carbocycles. The smallest absolute Gasteiger partial charge is 0.220 e. The Kier molecular flexibility index (Phi) is 6.60. The standard InChI is InChI=1S/C22H25N3OS/c1-16-8-5-6-12-19(16)20(17-9-3-2-4-10-17)14-21(26)24-13-7-11-18-15-27-22(23)25-18/h2-6,8-10,12,15,20H,7,11,13-14H2,1H3,(H2,23,25)(H,24,26)/t20-/m0/s1. The number of nitrogens with one attached hydrogen (secondary N) is 1. The van der Waals surface area contributed by atoms with Crippen molar-refractivity contribution in [3.05, 3.63) is 82.4 Å².